The van der Waals surface area contributed by atoms with E-state index in [-0.39, 0.29) is 10.7 Å². The molecule has 1 heterocycles. The van der Waals surface area contributed by atoms with Crippen molar-refractivity contribution >= 4 is 29.3 Å². The SMILES string of the molecule is CSc1ccc(-c2ncc(Cl)c(C(=O)O)n2)cc1. The average molecular weight is 281 g/mol. The number of hydrogen-bond donors (Lipinski definition) is 1. The fraction of sp³-hybridized carbons (Fsp3) is 0.0833. The molecule has 1 aromatic carbocycles. The molecule has 0 saturated carbocycles. The van der Waals surface area contributed by atoms with Crippen LogP contribution in [0.4, 0.5) is 0 Å². The van der Waals surface area contributed by atoms with Gasteiger partial charge >= 0.3 is 5.97 Å². The molecule has 4 nitrogen and oxygen atoms in total. The van der Waals surface area contributed by atoms with Crippen molar-refractivity contribution in [3.05, 3.63) is 41.2 Å². The van der Waals surface area contributed by atoms with E-state index in [1.54, 1.807) is 11.8 Å². The number of rotatable bonds is 3. The number of halogens is 1. The maximum atomic E-state index is 10.9. The summed E-state index contributed by atoms with van der Waals surface area (Å²) in [7, 11) is 0. The first-order chi connectivity index (χ1) is 8.61. The molecule has 0 aliphatic carbocycles. The molecular formula is C12H9ClN2O2S. The van der Waals surface area contributed by atoms with Gasteiger partial charge in [-0.15, -0.1) is 11.8 Å². The van der Waals surface area contributed by atoms with Crippen LogP contribution in [-0.2, 0) is 0 Å². The fourth-order valence-electron chi connectivity index (χ4n) is 1.40. The van der Waals surface area contributed by atoms with Gasteiger partial charge in [0.2, 0.25) is 0 Å². The first kappa shape index (κ1) is 12.9. The predicted octanol–water partition coefficient (Wildman–Crippen LogP) is 3.22. The second kappa shape index (κ2) is 5.37. The largest absolute Gasteiger partial charge is 0.476 e. The van der Waals surface area contributed by atoms with E-state index in [1.807, 2.05) is 30.5 Å². The van der Waals surface area contributed by atoms with E-state index in [2.05, 4.69) is 9.97 Å². The number of carboxylic acid groups (broad SMARTS) is 1. The molecule has 0 radical (unpaired) electrons. The van der Waals surface area contributed by atoms with Crippen LogP contribution in [0.1, 0.15) is 10.5 Å². The summed E-state index contributed by atoms with van der Waals surface area (Å²) < 4.78 is 0. The van der Waals surface area contributed by atoms with Gasteiger partial charge in [0.05, 0.1) is 11.2 Å². The van der Waals surface area contributed by atoms with Crippen LogP contribution in [0, 0.1) is 0 Å². The minimum atomic E-state index is -1.16. The quantitative estimate of drug-likeness (QED) is 0.875. The molecule has 0 aliphatic rings. The summed E-state index contributed by atoms with van der Waals surface area (Å²) in [6.45, 7) is 0. The van der Waals surface area contributed by atoms with Gasteiger partial charge in [0.25, 0.3) is 0 Å². The second-order valence-electron chi connectivity index (χ2n) is 3.42. The zero-order chi connectivity index (χ0) is 13.1. The van der Waals surface area contributed by atoms with Crippen molar-refractivity contribution in [1.29, 1.82) is 0 Å². The Morgan fingerprint density at radius 3 is 2.56 bits per heavy atom. The van der Waals surface area contributed by atoms with Crippen LogP contribution < -0.4 is 0 Å². The molecule has 1 N–H and O–H groups in total. The standard InChI is InChI=1S/C12H9ClN2O2S/c1-18-8-4-2-7(3-5-8)11-14-6-9(13)10(15-11)12(16)17/h2-6H,1H3,(H,16,17). The molecule has 0 amide bonds. The van der Waals surface area contributed by atoms with Gasteiger partial charge in [-0.25, -0.2) is 14.8 Å². The zero-order valence-corrected chi connectivity index (χ0v) is 11.0. The molecule has 6 heteroatoms. The third kappa shape index (κ3) is 2.63. The number of aromatic carboxylic acids is 1. The molecule has 0 bridgehead atoms. The molecule has 0 unspecified atom stereocenters. The van der Waals surface area contributed by atoms with Crippen molar-refractivity contribution < 1.29 is 9.90 Å². The monoisotopic (exact) mass is 280 g/mol. The Balaban J connectivity index is 2.44. The normalized spacial score (nSPS) is 10.3. The van der Waals surface area contributed by atoms with E-state index in [0.717, 1.165) is 10.5 Å². The topological polar surface area (TPSA) is 63.1 Å². The molecule has 0 fully saturated rings. The summed E-state index contributed by atoms with van der Waals surface area (Å²) >= 11 is 7.34. The zero-order valence-electron chi connectivity index (χ0n) is 9.42. The fourth-order valence-corrected chi connectivity index (χ4v) is 1.98. The van der Waals surface area contributed by atoms with Crippen molar-refractivity contribution in [2.75, 3.05) is 6.26 Å². The van der Waals surface area contributed by atoms with Gasteiger partial charge in [0.15, 0.2) is 11.5 Å². The van der Waals surface area contributed by atoms with Gasteiger partial charge in [0.1, 0.15) is 0 Å². The van der Waals surface area contributed by atoms with Gasteiger partial charge in [-0.3, -0.25) is 0 Å². The molecule has 0 saturated heterocycles. The van der Waals surface area contributed by atoms with Gasteiger partial charge in [-0.1, -0.05) is 23.7 Å². The molecule has 2 aromatic rings. The number of benzene rings is 1. The number of hydrogen-bond acceptors (Lipinski definition) is 4. The van der Waals surface area contributed by atoms with Crippen LogP contribution in [0.25, 0.3) is 11.4 Å². The van der Waals surface area contributed by atoms with Gasteiger partial charge < -0.3 is 5.11 Å². The van der Waals surface area contributed by atoms with Gasteiger partial charge in [0, 0.05) is 10.5 Å². The van der Waals surface area contributed by atoms with E-state index < -0.39 is 5.97 Å². The number of thioether (sulfide) groups is 1. The Morgan fingerprint density at radius 2 is 2.00 bits per heavy atom. The lowest BCUT2D eigenvalue weighted by atomic mass is 10.2. The van der Waals surface area contributed by atoms with Crippen molar-refractivity contribution in [3.63, 3.8) is 0 Å². The van der Waals surface area contributed by atoms with E-state index in [4.69, 9.17) is 16.7 Å². The van der Waals surface area contributed by atoms with Crippen molar-refractivity contribution in [3.8, 4) is 11.4 Å². The van der Waals surface area contributed by atoms with Crippen LogP contribution in [0.15, 0.2) is 35.4 Å². The van der Waals surface area contributed by atoms with Crippen LogP contribution in [0.3, 0.4) is 0 Å². The molecule has 92 valence electrons. The first-order valence-electron chi connectivity index (χ1n) is 5.02. The van der Waals surface area contributed by atoms with E-state index in [9.17, 15) is 4.79 Å². The number of aromatic nitrogens is 2. The van der Waals surface area contributed by atoms with Crippen LogP contribution in [-0.4, -0.2) is 27.3 Å². The Bertz CT molecular complexity index is 587. The third-order valence-corrected chi connectivity index (χ3v) is 3.32. The highest BCUT2D eigenvalue weighted by Crippen LogP contribution is 2.22. The Kier molecular flexibility index (Phi) is 3.84. The molecule has 1 aromatic heterocycles. The van der Waals surface area contributed by atoms with Crippen molar-refractivity contribution in [1.82, 2.24) is 9.97 Å². The highest BCUT2D eigenvalue weighted by atomic mass is 35.5. The number of carboxylic acids is 1. The minimum absolute atomic E-state index is 0.0342. The lowest BCUT2D eigenvalue weighted by molar-refractivity contribution is 0.0690. The lowest BCUT2D eigenvalue weighted by Gasteiger charge is -2.03. The first-order valence-corrected chi connectivity index (χ1v) is 6.62. The smallest absolute Gasteiger partial charge is 0.356 e. The second-order valence-corrected chi connectivity index (χ2v) is 4.71. The molecular weight excluding hydrogens is 272 g/mol. The van der Waals surface area contributed by atoms with Crippen LogP contribution in [0.2, 0.25) is 5.02 Å². The van der Waals surface area contributed by atoms with Crippen LogP contribution in [0.5, 0.6) is 0 Å². The van der Waals surface area contributed by atoms with Crippen molar-refractivity contribution in [2.45, 2.75) is 4.90 Å². The lowest BCUT2D eigenvalue weighted by Crippen LogP contribution is -2.03. The Morgan fingerprint density at radius 1 is 1.33 bits per heavy atom. The minimum Gasteiger partial charge on any atom is -0.476 e. The molecule has 0 spiro atoms. The maximum Gasteiger partial charge on any atom is 0.356 e. The van der Waals surface area contributed by atoms with E-state index >= 15 is 0 Å². The number of carbonyl (C=O) groups is 1. The van der Waals surface area contributed by atoms with E-state index in [0.29, 0.717) is 5.82 Å². The summed E-state index contributed by atoms with van der Waals surface area (Å²) in [5, 5.41) is 8.98. The summed E-state index contributed by atoms with van der Waals surface area (Å²) in [5.74, 6) is -0.811. The summed E-state index contributed by atoms with van der Waals surface area (Å²) in [6.07, 6.45) is 3.28. The Hall–Kier alpha value is -1.59. The average Bonchev–Trinajstić information content (AvgIpc) is 2.39. The highest BCUT2D eigenvalue weighted by molar-refractivity contribution is 7.98. The molecule has 0 atom stereocenters. The van der Waals surface area contributed by atoms with Crippen LogP contribution >= 0.6 is 23.4 Å². The maximum absolute atomic E-state index is 10.9. The van der Waals surface area contributed by atoms with Crippen molar-refractivity contribution in [2.24, 2.45) is 0 Å². The third-order valence-electron chi connectivity index (χ3n) is 2.29. The molecule has 0 aliphatic heterocycles. The predicted molar refractivity (Wildman–Crippen MR) is 71.2 cm³/mol. The highest BCUT2D eigenvalue weighted by Gasteiger charge is 2.13. The van der Waals surface area contributed by atoms with Gasteiger partial charge in [-0.2, -0.15) is 0 Å². The van der Waals surface area contributed by atoms with Gasteiger partial charge in [-0.05, 0) is 18.4 Å². The molecule has 2 rings (SSSR count). The Labute approximate surface area is 113 Å². The number of nitrogens with zero attached hydrogens (tertiary/aromatic N) is 2. The summed E-state index contributed by atoms with van der Waals surface area (Å²) in [4.78, 5) is 20.0. The summed E-state index contributed by atoms with van der Waals surface area (Å²) in [6, 6.07) is 7.55. The summed E-state index contributed by atoms with van der Waals surface area (Å²) in [5.41, 5.74) is 0.572. The molecule has 18 heavy (non-hydrogen) atoms. The van der Waals surface area contributed by atoms with E-state index in [1.165, 1.54) is 6.20 Å².